The molecule has 1 heterocycles. The summed E-state index contributed by atoms with van der Waals surface area (Å²) in [7, 11) is 0. The van der Waals surface area contributed by atoms with Crippen LogP contribution >= 0.6 is 0 Å². The molecular formula is C25H21F3N2O4. The predicted molar refractivity (Wildman–Crippen MR) is 120 cm³/mol. The molecule has 4 rings (SSSR count). The maximum absolute atomic E-state index is 13.3. The minimum Gasteiger partial charge on any atom is -0.409 e. The Morgan fingerprint density at radius 2 is 1.53 bits per heavy atom. The molecule has 0 aliphatic carbocycles. The summed E-state index contributed by atoms with van der Waals surface area (Å²) in [6.07, 6.45) is -5.43. The molecular weight excluding hydrogens is 449 g/mol. The van der Waals surface area contributed by atoms with Gasteiger partial charge in [-0.05, 0) is 41.5 Å². The minimum absolute atomic E-state index is 0.261. The lowest BCUT2D eigenvalue weighted by atomic mass is 10.1. The van der Waals surface area contributed by atoms with E-state index in [2.05, 4.69) is 5.32 Å². The quantitative estimate of drug-likeness (QED) is 0.550. The van der Waals surface area contributed by atoms with Crippen molar-refractivity contribution in [1.29, 1.82) is 0 Å². The Kier molecular flexibility index (Phi) is 6.83. The average Bonchev–Trinajstić information content (AvgIpc) is 2.85. The van der Waals surface area contributed by atoms with Crippen molar-refractivity contribution in [3.8, 4) is 16.9 Å². The SMILES string of the molecule is O=C(Nc1ccc(-c2ccccc2)cc1)c1cc(C(F)(F)F)ccc1OC(=O)N1CCOCC1. The Hall–Kier alpha value is -3.85. The Labute approximate surface area is 193 Å². The molecule has 0 saturated carbocycles. The van der Waals surface area contributed by atoms with Crippen LogP contribution in [0.3, 0.4) is 0 Å². The van der Waals surface area contributed by atoms with Gasteiger partial charge in [0, 0.05) is 18.8 Å². The second-order valence-corrected chi connectivity index (χ2v) is 7.57. The molecule has 1 fully saturated rings. The van der Waals surface area contributed by atoms with E-state index >= 15 is 0 Å². The zero-order valence-corrected chi connectivity index (χ0v) is 18.0. The largest absolute Gasteiger partial charge is 0.416 e. The molecule has 3 aromatic carbocycles. The summed E-state index contributed by atoms with van der Waals surface area (Å²) in [5.41, 5.74) is 0.854. The molecule has 0 atom stereocenters. The van der Waals surface area contributed by atoms with Crippen LogP contribution in [0.15, 0.2) is 72.8 Å². The monoisotopic (exact) mass is 470 g/mol. The van der Waals surface area contributed by atoms with Gasteiger partial charge in [0.15, 0.2) is 0 Å². The number of anilines is 1. The summed E-state index contributed by atoms with van der Waals surface area (Å²) < 4.78 is 50.3. The number of carbonyl (C=O) groups is 2. The van der Waals surface area contributed by atoms with Crippen LogP contribution < -0.4 is 10.1 Å². The molecule has 9 heteroatoms. The van der Waals surface area contributed by atoms with Gasteiger partial charge in [-0.1, -0.05) is 42.5 Å². The Bertz CT molecular complexity index is 1160. The van der Waals surface area contributed by atoms with Crippen molar-refractivity contribution >= 4 is 17.7 Å². The molecule has 1 aliphatic heterocycles. The third kappa shape index (κ3) is 5.55. The van der Waals surface area contributed by atoms with E-state index in [1.807, 2.05) is 30.3 Å². The molecule has 1 aliphatic rings. The van der Waals surface area contributed by atoms with Crippen LogP contribution in [0.4, 0.5) is 23.7 Å². The summed E-state index contributed by atoms with van der Waals surface area (Å²) in [6, 6.07) is 18.9. The van der Waals surface area contributed by atoms with Crippen molar-refractivity contribution in [2.24, 2.45) is 0 Å². The van der Waals surface area contributed by atoms with E-state index in [1.54, 1.807) is 24.3 Å². The van der Waals surface area contributed by atoms with Gasteiger partial charge in [0.25, 0.3) is 5.91 Å². The number of rotatable bonds is 4. The number of hydrogen-bond acceptors (Lipinski definition) is 4. The molecule has 6 nitrogen and oxygen atoms in total. The summed E-state index contributed by atoms with van der Waals surface area (Å²) in [4.78, 5) is 26.7. The zero-order chi connectivity index (χ0) is 24.1. The molecule has 1 N–H and O–H groups in total. The van der Waals surface area contributed by atoms with E-state index in [4.69, 9.17) is 9.47 Å². The van der Waals surface area contributed by atoms with Crippen LogP contribution in [-0.2, 0) is 10.9 Å². The summed E-state index contributed by atoms with van der Waals surface area (Å²) in [6.45, 7) is 1.23. The van der Waals surface area contributed by atoms with Crippen LogP contribution in [0.1, 0.15) is 15.9 Å². The number of benzene rings is 3. The van der Waals surface area contributed by atoms with Crippen LogP contribution in [0.2, 0.25) is 0 Å². The van der Waals surface area contributed by atoms with Crippen molar-refractivity contribution in [2.45, 2.75) is 6.18 Å². The fourth-order valence-corrected chi connectivity index (χ4v) is 3.45. The number of ether oxygens (including phenoxy) is 2. The van der Waals surface area contributed by atoms with Crippen LogP contribution in [0.25, 0.3) is 11.1 Å². The van der Waals surface area contributed by atoms with Gasteiger partial charge in [-0.2, -0.15) is 13.2 Å². The Morgan fingerprint density at radius 1 is 0.882 bits per heavy atom. The van der Waals surface area contributed by atoms with Gasteiger partial charge in [-0.25, -0.2) is 4.79 Å². The first-order valence-electron chi connectivity index (χ1n) is 10.5. The van der Waals surface area contributed by atoms with Crippen molar-refractivity contribution in [3.63, 3.8) is 0 Å². The lowest BCUT2D eigenvalue weighted by Crippen LogP contribution is -2.42. The van der Waals surface area contributed by atoms with Gasteiger partial charge in [0.1, 0.15) is 5.75 Å². The van der Waals surface area contributed by atoms with Gasteiger partial charge >= 0.3 is 12.3 Å². The van der Waals surface area contributed by atoms with Gasteiger partial charge in [-0.15, -0.1) is 0 Å². The van der Waals surface area contributed by atoms with E-state index in [0.717, 1.165) is 23.3 Å². The van der Waals surface area contributed by atoms with Crippen molar-refractivity contribution < 1.29 is 32.2 Å². The number of nitrogens with one attached hydrogen (secondary N) is 1. The maximum atomic E-state index is 13.3. The van der Waals surface area contributed by atoms with E-state index in [1.165, 1.54) is 4.90 Å². The highest BCUT2D eigenvalue weighted by molar-refractivity contribution is 6.06. The first kappa shape index (κ1) is 23.3. The molecule has 0 aromatic heterocycles. The van der Waals surface area contributed by atoms with E-state index in [9.17, 15) is 22.8 Å². The summed E-state index contributed by atoms with van der Waals surface area (Å²) >= 11 is 0. The first-order chi connectivity index (χ1) is 16.3. The van der Waals surface area contributed by atoms with E-state index in [0.29, 0.717) is 25.0 Å². The zero-order valence-electron chi connectivity index (χ0n) is 18.0. The molecule has 34 heavy (non-hydrogen) atoms. The predicted octanol–water partition coefficient (Wildman–Crippen LogP) is 5.46. The molecule has 2 amide bonds. The van der Waals surface area contributed by atoms with Gasteiger partial charge in [0.2, 0.25) is 0 Å². The number of morpholine rings is 1. The highest BCUT2D eigenvalue weighted by atomic mass is 19.4. The molecule has 0 radical (unpaired) electrons. The molecule has 0 spiro atoms. The average molecular weight is 470 g/mol. The van der Waals surface area contributed by atoms with Gasteiger partial charge in [-0.3, -0.25) is 4.79 Å². The first-order valence-corrected chi connectivity index (χ1v) is 10.5. The molecule has 1 saturated heterocycles. The smallest absolute Gasteiger partial charge is 0.409 e. The van der Waals surface area contributed by atoms with Gasteiger partial charge < -0.3 is 19.7 Å². The van der Waals surface area contributed by atoms with Crippen LogP contribution in [0.5, 0.6) is 5.75 Å². The second kappa shape index (κ2) is 9.96. The lowest BCUT2D eigenvalue weighted by molar-refractivity contribution is -0.137. The highest BCUT2D eigenvalue weighted by Crippen LogP contribution is 2.33. The summed E-state index contributed by atoms with van der Waals surface area (Å²) in [5, 5.41) is 2.58. The second-order valence-electron chi connectivity index (χ2n) is 7.57. The van der Waals surface area contributed by atoms with Crippen LogP contribution in [0, 0.1) is 0 Å². The molecule has 3 aromatic rings. The fraction of sp³-hybridized carbons (Fsp3) is 0.200. The summed E-state index contributed by atoms with van der Waals surface area (Å²) in [5.74, 6) is -1.09. The number of carbonyl (C=O) groups excluding carboxylic acids is 2. The number of nitrogens with zero attached hydrogens (tertiary/aromatic N) is 1. The Morgan fingerprint density at radius 3 is 2.18 bits per heavy atom. The minimum atomic E-state index is -4.67. The Balaban J connectivity index is 1.56. The van der Waals surface area contributed by atoms with E-state index < -0.39 is 29.3 Å². The third-order valence-corrected chi connectivity index (χ3v) is 5.27. The van der Waals surface area contributed by atoms with E-state index in [-0.39, 0.29) is 18.8 Å². The fourth-order valence-electron chi connectivity index (χ4n) is 3.45. The molecule has 0 bridgehead atoms. The topological polar surface area (TPSA) is 67.9 Å². The normalized spacial score (nSPS) is 13.9. The van der Waals surface area contributed by atoms with Crippen molar-refractivity contribution in [2.75, 3.05) is 31.6 Å². The number of alkyl halides is 3. The van der Waals surface area contributed by atoms with Crippen molar-refractivity contribution in [1.82, 2.24) is 4.90 Å². The van der Waals surface area contributed by atoms with Crippen molar-refractivity contribution in [3.05, 3.63) is 83.9 Å². The maximum Gasteiger partial charge on any atom is 0.416 e. The standard InChI is InChI=1S/C25H21F3N2O4/c26-25(27,28)19-8-11-22(34-24(32)30-12-14-33-15-13-30)21(16-19)23(31)29-20-9-6-18(7-10-20)17-4-2-1-3-5-17/h1-11,16H,12-15H2,(H,29,31). The molecule has 176 valence electrons. The highest BCUT2D eigenvalue weighted by Gasteiger charge is 2.32. The van der Waals surface area contributed by atoms with Gasteiger partial charge in [0.05, 0.1) is 24.3 Å². The number of amides is 2. The lowest BCUT2D eigenvalue weighted by Gasteiger charge is -2.26. The van der Waals surface area contributed by atoms with Crippen LogP contribution in [-0.4, -0.2) is 43.2 Å². The molecule has 0 unspecified atom stereocenters. The number of halogens is 3. The third-order valence-electron chi connectivity index (χ3n) is 5.27. The number of hydrogen-bond donors (Lipinski definition) is 1.